The van der Waals surface area contributed by atoms with Crippen LogP contribution < -0.4 is 5.43 Å². The molecule has 3 atom stereocenters. The van der Waals surface area contributed by atoms with Crippen molar-refractivity contribution >= 4 is 11.6 Å². The summed E-state index contributed by atoms with van der Waals surface area (Å²) < 4.78 is 0. The van der Waals surface area contributed by atoms with Crippen molar-refractivity contribution in [2.75, 3.05) is 0 Å². The van der Waals surface area contributed by atoms with Crippen LogP contribution in [0.25, 0.3) is 0 Å². The first-order valence-electron chi connectivity index (χ1n) is 7.27. The van der Waals surface area contributed by atoms with Gasteiger partial charge in [-0.3, -0.25) is 9.78 Å². The largest absolute Gasteiger partial charge is 0.271 e. The molecule has 1 amide bonds. The summed E-state index contributed by atoms with van der Waals surface area (Å²) in [5, 5.41) is 4.39. The van der Waals surface area contributed by atoms with Crippen molar-refractivity contribution in [3.63, 3.8) is 0 Å². The van der Waals surface area contributed by atoms with Crippen LogP contribution in [0.4, 0.5) is 0 Å². The van der Waals surface area contributed by atoms with Gasteiger partial charge in [0.05, 0.1) is 0 Å². The van der Waals surface area contributed by atoms with Gasteiger partial charge >= 0.3 is 0 Å². The minimum Gasteiger partial charge on any atom is -0.267 e. The lowest BCUT2D eigenvalue weighted by Crippen LogP contribution is -2.34. The second-order valence-electron chi connectivity index (χ2n) is 6.63. The topological polar surface area (TPSA) is 54.4 Å². The molecule has 1 heterocycles. The van der Waals surface area contributed by atoms with Crippen LogP contribution in [0.5, 0.6) is 0 Å². The third-order valence-corrected chi connectivity index (χ3v) is 5.49. The predicted molar refractivity (Wildman–Crippen MR) is 78.3 cm³/mol. The highest BCUT2D eigenvalue weighted by molar-refractivity contribution is 5.96. The van der Waals surface area contributed by atoms with Crippen molar-refractivity contribution in [1.29, 1.82) is 0 Å². The van der Waals surface area contributed by atoms with Gasteiger partial charge in [0, 0.05) is 29.6 Å². The Balaban J connectivity index is 1.69. The van der Waals surface area contributed by atoms with E-state index in [1.807, 2.05) is 0 Å². The van der Waals surface area contributed by atoms with Gasteiger partial charge in [-0.05, 0) is 42.2 Å². The molecular formula is C16H21N3O. The van der Waals surface area contributed by atoms with Crippen molar-refractivity contribution in [3.05, 3.63) is 30.1 Å². The summed E-state index contributed by atoms with van der Waals surface area (Å²) in [5.74, 6) is 1.72. The van der Waals surface area contributed by atoms with Gasteiger partial charge in [-0.25, -0.2) is 5.43 Å². The monoisotopic (exact) mass is 271 g/mol. The maximum atomic E-state index is 12.0. The number of hydrogen-bond acceptors (Lipinski definition) is 3. The highest BCUT2D eigenvalue weighted by Gasteiger charge is 2.53. The quantitative estimate of drug-likeness (QED) is 0.841. The zero-order valence-electron chi connectivity index (χ0n) is 12.3. The van der Waals surface area contributed by atoms with Crippen molar-refractivity contribution in [2.24, 2.45) is 28.3 Å². The van der Waals surface area contributed by atoms with Gasteiger partial charge in [-0.1, -0.05) is 20.8 Å². The Morgan fingerprint density at radius 2 is 2.10 bits per heavy atom. The normalized spacial score (nSPS) is 32.5. The van der Waals surface area contributed by atoms with E-state index in [1.54, 1.807) is 24.5 Å². The molecule has 2 saturated carbocycles. The Kier molecular flexibility index (Phi) is 3.11. The van der Waals surface area contributed by atoms with Crippen LogP contribution in [0, 0.1) is 23.2 Å². The van der Waals surface area contributed by atoms with E-state index in [-0.39, 0.29) is 5.91 Å². The smallest absolute Gasteiger partial charge is 0.267 e. The van der Waals surface area contributed by atoms with Crippen LogP contribution in [0.15, 0.2) is 29.6 Å². The van der Waals surface area contributed by atoms with Gasteiger partial charge in [0.1, 0.15) is 0 Å². The molecular weight excluding hydrogens is 250 g/mol. The van der Waals surface area contributed by atoms with E-state index in [0.29, 0.717) is 28.7 Å². The van der Waals surface area contributed by atoms with E-state index in [2.05, 4.69) is 36.3 Å². The summed E-state index contributed by atoms with van der Waals surface area (Å²) >= 11 is 0. The Morgan fingerprint density at radius 3 is 2.70 bits per heavy atom. The second kappa shape index (κ2) is 4.69. The second-order valence-corrected chi connectivity index (χ2v) is 6.63. The summed E-state index contributed by atoms with van der Waals surface area (Å²) in [4.78, 5) is 15.9. The summed E-state index contributed by atoms with van der Waals surface area (Å²) in [7, 11) is 0. The first kappa shape index (κ1) is 13.3. The lowest BCUT2D eigenvalue weighted by atomic mass is 9.69. The van der Waals surface area contributed by atoms with Crippen LogP contribution in [0.2, 0.25) is 0 Å². The molecule has 2 bridgehead atoms. The average Bonchev–Trinajstić information content (AvgIpc) is 2.97. The lowest BCUT2D eigenvalue weighted by Gasteiger charge is -2.36. The minimum atomic E-state index is -0.158. The maximum absolute atomic E-state index is 12.0. The third kappa shape index (κ3) is 2.03. The number of carbonyl (C=O) groups is 1. The average molecular weight is 271 g/mol. The summed E-state index contributed by atoms with van der Waals surface area (Å²) in [6.07, 6.45) is 5.48. The standard InChI is InChI=1S/C16H21N3O/c1-10-13-8-12(16(10,2)3)9-14(13)18-19-15(20)11-4-6-17-7-5-11/h4-7,10,12-13H,8-9H2,1-3H3,(H,19,20)/b18-14+/t10-,12?,13?/m1/s1. The zero-order chi connectivity index (χ0) is 14.3. The molecule has 1 aromatic rings. The van der Waals surface area contributed by atoms with Gasteiger partial charge in [0.25, 0.3) is 5.91 Å². The van der Waals surface area contributed by atoms with Crippen molar-refractivity contribution < 1.29 is 4.79 Å². The molecule has 106 valence electrons. The zero-order valence-corrected chi connectivity index (χ0v) is 12.3. The van der Waals surface area contributed by atoms with Gasteiger partial charge in [0.15, 0.2) is 0 Å². The maximum Gasteiger partial charge on any atom is 0.271 e. The van der Waals surface area contributed by atoms with Crippen LogP contribution in [0.1, 0.15) is 44.0 Å². The Morgan fingerprint density at radius 1 is 1.40 bits per heavy atom. The number of nitrogens with zero attached hydrogens (tertiary/aromatic N) is 2. The summed E-state index contributed by atoms with van der Waals surface area (Å²) in [5.41, 5.74) is 4.87. The molecule has 2 aliphatic carbocycles. The van der Waals surface area contributed by atoms with Crippen molar-refractivity contribution in [3.8, 4) is 0 Å². The molecule has 0 aliphatic heterocycles. The fourth-order valence-corrected chi connectivity index (χ4v) is 3.70. The predicted octanol–water partition coefficient (Wildman–Crippen LogP) is 2.87. The molecule has 1 aromatic heterocycles. The number of pyridine rings is 1. The van der Waals surface area contributed by atoms with Crippen LogP contribution in [-0.2, 0) is 0 Å². The fraction of sp³-hybridized carbons (Fsp3) is 0.562. The van der Waals surface area contributed by atoms with Gasteiger partial charge in [-0.15, -0.1) is 0 Å². The molecule has 0 saturated heterocycles. The van der Waals surface area contributed by atoms with Crippen LogP contribution in [-0.4, -0.2) is 16.6 Å². The molecule has 2 aliphatic rings. The van der Waals surface area contributed by atoms with Crippen LogP contribution in [0.3, 0.4) is 0 Å². The molecule has 0 aromatic carbocycles. The van der Waals surface area contributed by atoms with Crippen LogP contribution >= 0.6 is 0 Å². The van der Waals surface area contributed by atoms with E-state index in [9.17, 15) is 4.79 Å². The highest BCUT2D eigenvalue weighted by Crippen LogP contribution is 2.57. The molecule has 0 radical (unpaired) electrons. The number of aromatic nitrogens is 1. The first-order chi connectivity index (χ1) is 9.50. The van der Waals surface area contributed by atoms with Gasteiger partial charge in [-0.2, -0.15) is 5.10 Å². The number of carbonyl (C=O) groups excluding carboxylic acids is 1. The van der Waals surface area contributed by atoms with Gasteiger partial charge < -0.3 is 0 Å². The van der Waals surface area contributed by atoms with Crippen molar-refractivity contribution in [1.82, 2.24) is 10.4 Å². The summed E-state index contributed by atoms with van der Waals surface area (Å²) in [6.45, 7) is 7.02. The molecule has 4 nitrogen and oxygen atoms in total. The number of hydrazone groups is 1. The molecule has 2 fully saturated rings. The van der Waals surface area contributed by atoms with E-state index in [1.165, 1.54) is 12.1 Å². The number of amides is 1. The Hall–Kier alpha value is -1.71. The lowest BCUT2D eigenvalue weighted by molar-refractivity contribution is 0.0954. The van der Waals surface area contributed by atoms with E-state index >= 15 is 0 Å². The van der Waals surface area contributed by atoms with E-state index in [0.717, 1.165) is 6.42 Å². The molecule has 3 rings (SSSR count). The number of nitrogens with one attached hydrogen (secondary N) is 1. The highest BCUT2D eigenvalue weighted by atomic mass is 16.2. The number of fused-ring (bicyclic) bond motifs is 2. The molecule has 0 spiro atoms. The first-order valence-corrected chi connectivity index (χ1v) is 7.27. The molecule has 2 unspecified atom stereocenters. The summed E-state index contributed by atoms with van der Waals surface area (Å²) in [6, 6.07) is 3.39. The third-order valence-electron chi connectivity index (χ3n) is 5.49. The van der Waals surface area contributed by atoms with Crippen molar-refractivity contribution in [2.45, 2.75) is 33.6 Å². The SMILES string of the molecule is C[C@@H]1C2CC(C/C2=N\NC(=O)c2ccncc2)C1(C)C. The molecule has 20 heavy (non-hydrogen) atoms. The number of hydrogen-bond donors (Lipinski definition) is 1. The Bertz CT molecular complexity index is 546. The van der Waals surface area contributed by atoms with Gasteiger partial charge in [0.2, 0.25) is 0 Å². The molecule has 1 N–H and O–H groups in total. The molecule has 4 heteroatoms. The Labute approximate surface area is 119 Å². The number of rotatable bonds is 2. The minimum absolute atomic E-state index is 0.158. The van der Waals surface area contributed by atoms with E-state index < -0.39 is 0 Å². The van der Waals surface area contributed by atoms with E-state index in [4.69, 9.17) is 0 Å². The fourth-order valence-electron chi connectivity index (χ4n) is 3.70.